The Hall–Kier alpha value is -2.82. The molecule has 0 bridgehead atoms. The molecule has 0 heterocycles. The Bertz CT molecular complexity index is 863. The largest absolute Gasteiger partial charge is 0.466 e. The number of rotatable bonds is 16. The summed E-state index contributed by atoms with van der Waals surface area (Å²) in [6, 6.07) is 16.3. The topological polar surface area (TPSA) is 64.6 Å². The summed E-state index contributed by atoms with van der Waals surface area (Å²) in [6.45, 7) is 7.54. The van der Waals surface area contributed by atoms with Gasteiger partial charge in [0, 0.05) is 18.7 Å². The maximum atomic E-state index is 12.0. The van der Waals surface area contributed by atoms with Crippen LogP contribution < -0.4 is 5.32 Å². The number of para-hydroxylation sites is 1. The Morgan fingerprint density at radius 3 is 2.32 bits per heavy atom. The Balaban J connectivity index is 2.01. The summed E-state index contributed by atoms with van der Waals surface area (Å²) in [4.78, 5) is 23.6. The van der Waals surface area contributed by atoms with Crippen molar-refractivity contribution >= 4 is 17.6 Å². The number of esters is 2. The van der Waals surface area contributed by atoms with Crippen LogP contribution in [0.15, 0.2) is 48.5 Å². The number of aryl methyl sites for hydroxylation is 1. The van der Waals surface area contributed by atoms with Gasteiger partial charge in [-0.3, -0.25) is 4.79 Å². The van der Waals surface area contributed by atoms with Crippen LogP contribution in [-0.2, 0) is 27.1 Å². The van der Waals surface area contributed by atoms with Gasteiger partial charge in [0.1, 0.15) is 0 Å². The molecule has 1 unspecified atom stereocenters. The molecule has 34 heavy (non-hydrogen) atoms. The fraction of sp³-hybridized carbons (Fsp3) is 0.517. The van der Waals surface area contributed by atoms with Gasteiger partial charge in [0.05, 0.1) is 18.8 Å². The van der Waals surface area contributed by atoms with Crippen molar-refractivity contribution in [1.82, 2.24) is 0 Å². The number of benzene rings is 2. The van der Waals surface area contributed by atoms with Crippen molar-refractivity contribution in [1.29, 1.82) is 0 Å². The Morgan fingerprint density at radius 1 is 0.882 bits per heavy atom. The minimum absolute atomic E-state index is 0.114. The van der Waals surface area contributed by atoms with Crippen LogP contribution in [0.2, 0.25) is 0 Å². The summed E-state index contributed by atoms with van der Waals surface area (Å²) in [5, 5.41) is 3.69. The highest BCUT2D eigenvalue weighted by Crippen LogP contribution is 2.22. The first-order chi connectivity index (χ1) is 16.6. The van der Waals surface area contributed by atoms with Crippen LogP contribution in [0.1, 0.15) is 80.8 Å². The van der Waals surface area contributed by atoms with E-state index in [2.05, 4.69) is 36.5 Å². The van der Waals surface area contributed by atoms with E-state index >= 15 is 0 Å². The van der Waals surface area contributed by atoms with Crippen LogP contribution in [0.25, 0.3) is 0 Å². The third-order valence-corrected chi connectivity index (χ3v) is 5.94. The average Bonchev–Trinajstić information content (AvgIpc) is 2.85. The molecule has 0 aliphatic rings. The van der Waals surface area contributed by atoms with Gasteiger partial charge in [-0.25, -0.2) is 4.79 Å². The van der Waals surface area contributed by atoms with E-state index in [1.54, 1.807) is 0 Å². The molecular formula is C29H41NO4. The Labute approximate surface area is 205 Å². The fourth-order valence-corrected chi connectivity index (χ4v) is 4.07. The van der Waals surface area contributed by atoms with Crippen molar-refractivity contribution in [2.75, 3.05) is 25.1 Å². The highest BCUT2D eigenvalue weighted by atomic mass is 16.5. The van der Waals surface area contributed by atoms with Gasteiger partial charge < -0.3 is 14.8 Å². The molecule has 0 spiro atoms. The number of nitrogens with one attached hydrogen (secondary N) is 1. The number of unbranched alkanes of at least 4 members (excludes halogenated alkanes) is 2. The van der Waals surface area contributed by atoms with Gasteiger partial charge in [-0.1, -0.05) is 50.1 Å². The number of hydrogen-bond donors (Lipinski definition) is 1. The van der Waals surface area contributed by atoms with Crippen molar-refractivity contribution in [3.63, 3.8) is 0 Å². The molecule has 0 fully saturated rings. The first-order valence-corrected chi connectivity index (χ1v) is 12.8. The Morgan fingerprint density at radius 2 is 1.62 bits per heavy atom. The standard InChI is InChI=1S/C29H41NO4/c1-4-7-13-25-14-9-10-15-27(25)30-22-24(12-8-11-16-28(31)33-5-2)21-23-17-19-26(20-18-23)29(32)34-6-3/h9-10,14-15,17-20,24,30H,4-8,11-13,16,21-22H2,1-3H3. The molecule has 0 saturated heterocycles. The number of anilines is 1. The van der Waals surface area contributed by atoms with Gasteiger partial charge in [-0.15, -0.1) is 0 Å². The summed E-state index contributed by atoms with van der Waals surface area (Å²) in [6.07, 6.45) is 7.66. The molecule has 186 valence electrons. The van der Waals surface area contributed by atoms with Gasteiger partial charge >= 0.3 is 11.9 Å². The van der Waals surface area contributed by atoms with Gasteiger partial charge in [0.2, 0.25) is 0 Å². The number of carbonyl (C=O) groups excluding carboxylic acids is 2. The van der Waals surface area contributed by atoms with Crippen LogP contribution >= 0.6 is 0 Å². The monoisotopic (exact) mass is 467 g/mol. The molecule has 0 amide bonds. The number of carbonyl (C=O) groups is 2. The predicted molar refractivity (Wildman–Crippen MR) is 138 cm³/mol. The SMILES string of the molecule is CCCCc1ccccc1NCC(CCCCC(=O)OCC)Cc1ccc(C(=O)OCC)cc1. The van der Waals surface area contributed by atoms with Gasteiger partial charge in [-0.05, 0) is 81.2 Å². The van der Waals surface area contributed by atoms with E-state index in [4.69, 9.17) is 9.47 Å². The zero-order valence-electron chi connectivity index (χ0n) is 21.1. The fourth-order valence-electron chi connectivity index (χ4n) is 4.07. The maximum Gasteiger partial charge on any atom is 0.338 e. The highest BCUT2D eigenvalue weighted by molar-refractivity contribution is 5.89. The molecule has 5 heteroatoms. The zero-order chi connectivity index (χ0) is 24.6. The quantitative estimate of drug-likeness (QED) is 0.223. The first-order valence-electron chi connectivity index (χ1n) is 12.8. The third kappa shape index (κ3) is 9.98. The number of ether oxygens (including phenoxy) is 2. The summed E-state index contributed by atoms with van der Waals surface area (Å²) in [7, 11) is 0. The lowest BCUT2D eigenvalue weighted by atomic mass is 9.92. The molecule has 2 rings (SSSR count). The molecule has 0 saturated carbocycles. The van der Waals surface area contributed by atoms with Crippen LogP contribution in [0.3, 0.4) is 0 Å². The van der Waals surface area contributed by atoms with E-state index in [1.165, 1.54) is 29.7 Å². The van der Waals surface area contributed by atoms with E-state index in [-0.39, 0.29) is 11.9 Å². The lowest BCUT2D eigenvalue weighted by Gasteiger charge is -2.20. The van der Waals surface area contributed by atoms with Crippen molar-refractivity contribution < 1.29 is 19.1 Å². The Kier molecular flexibility index (Phi) is 12.8. The van der Waals surface area contributed by atoms with Crippen LogP contribution in [0.4, 0.5) is 5.69 Å². The van der Waals surface area contributed by atoms with E-state index < -0.39 is 0 Å². The van der Waals surface area contributed by atoms with E-state index in [1.807, 2.05) is 38.1 Å². The summed E-state index contributed by atoms with van der Waals surface area (Å²) < 4.78 is 10.1. The zero-order valence-corrected chi connectivity index (χ0v) is 21.1. The van der Waals surface area contributed by atoms with Crippen LogP contribution in [0, 0.1) is 5.92 Å². The van der Waals surface area contributed by atoms with E-state index in [0.29, 0.717) is 31.1 Å². The van der Waals surface area contributed by atoms with E-state index in [0.717, 1.165) is 38.6 Å². The average molecular weight is 468 g/mol. The normalized spacial score (nSPS) is 11.6. The minimum Gasteiger partial charge on any atom is -0.466 e. The summed E-state index contributed by atoms with van der Waals surface area (Å²) >= 11 is 0. The molecule has 2 aromatic rings. The van der Waals surface area contributed by atoms with E-state index in [9.17, 15) is 9.59 Å². The molecule has 2 aromatic carbocycles. The number of hydrogen-bond acceptors (Lipinski definition) is 5. The van der Waals surface area contributed by atoms with Gasteiger partial charge in [0.25, 0.3) is 0 Å². The van der Waals surface area contributed by atoms with Crippen molar-refractivity contribution in [3.8, 4) is 0 Å². The maximum absolute atomic E-state index is 12.0. The lowest BCUT2D eigenvalue weighted by Crippen LogP contribution is -2.18. The van der Waals surface area contributed by atoms with Gasteiger partial charge in [0.15, 0.2) is 0 Å². The second-order valence-electron chi connectivity index (χ2n) is 8.68. The summed E-state index contributed by atoms with van der Waals surface area (Å²) in [5.41, 5.74) is 4.36. The van der Waals surface area contributed by atoms with Crippen molar-refractivity contribution in [2.24, 2.45) is 5.92 Å². The molecule has 0 radical (unpaired) electrons. The molecule has 1 atom stereocenters. The predicted octanol–water partition coefficient (Wildman–Crippen LogP) is 6.60. The second kappa shape index (κ2) is 15.9. The minimum atomic E-state index is -0.282. The van der Waals surface area contributed by atoms with Crippen LogP contribution in [-0.4, -0.2) is 31.7 Å². The molecule has 5 nitrogen and oxygen atoms in total. The molecular weight excluding hydrogens is 426 g/mol. The molecule has 0 aliphatic heterocycles. The lowest BCUT2D eigenvalue weighted by molar-refractivity contribution is -0.143. The highest BCUT2D eigenvalue weighted by Gasteiger charge is 2.13. The summed E-state index contributed by atoms with van der Waals surface area (Å²) in [5.74, 6) is 0.0152. The molecule has 1 N–H and O–H groups in total. The first kappa shape index (κ1) is 27.4. The molecule has 0 aromatic heterocycles. The van der Waals surface area contributed by atoms with Crippen molar-refractivity contribution in [2.45, 2.75) is 72.1 Å². The third-order valence-electron chi connectivity index (χ3n) is 5.94. The molecule has 0 aliphatic carbocycles. The van der Waals surface area contributed by atoms with Crippen LogP contribution in [0.5, 0.6) is 0 Å². The van der Waals surface area contributed by atoms with Gasteiger partial charge in [-0.2, -0.15) is 0 Å². The van der Waals surface area contributed by atoms with Crippen molar-refractivity contribution in [3.05, 3.63) is 65.2 Å². The smallest absolute Gasteiger partial charge is 0.338 e. The second-order valence-corrected chi connectivity index (χ2v) is 8.68.